The van der Waals surface area contributed by atoms with E-state index in [4.69, 9.17) is 0 Å². The zero-order chi connectivity index (χ0) is 13.5. The van der Waals surface area contributed by atoms with E-state index in [1.807, 2.05) is 0 Å². The SMILES string of the molecule is O=C1NCC1C1CNCC(C2CS(=O)(=O)CCN2)N1. The highest BCUT2D eigenvalue weighted by Gasteiger charge is 2.40. The van der Waals surface area contributed by atoms with Crippen molar-refractivity contribution in [1.82, 2.24) is 21.3 Å². The molecule has 0 spiro atoms. The molecule has 3 saturated heterocycles. The minimum absolute atomic E-state index is 0.00972. The summed E-state index contributed by atoms with van der Waals surface area (Å²) in [5, 5.41) is 12.8. The minimum Gasteiger partial charge on any atom is -0.355 e. The molecule has 3 aliphatic rings. The Morgan fingerprint density at radius 2 is 1.84 bits per heavy atom. The van der Waals surface area contributed by atoms with E-state index in [-0.39, 0.29) is 41.5 Å². The summed E-state index contributed by atoms with van der Waals surface area (Å²) in [7, 11) is -2.93. The minimum atomic E-state index is -2.93. The molecule has 3 rings (SSSR count). The summed E-state index contributed by atoms with van der Waals surface area (Å²) in [6.07, 6.45) is 0. The van der Waals surface area contributed by atoms with Crippen LogP contribution in [-0.4, -0.2) is 70.1 Å². The molecule has 0 bridgehead atoms. The number of nitrogens with one attached hydrogen (secondary N) is 4. The molecule has 4 unspecified atom stereocenters. The first kappa shape index (κ1) is 13.3. The van der Waals surface area contributed by atoms with Crippen molar-refractivity contribution in [3.63, 3.8) is 0 Å². The summed E-state index contributed by atoms with van der Waals surface area (Å²) in [5.74, 6) is 0.494. The Kier molecular flexibility index (Phi) is 3.50. The second kappa shape index (κ2) is 5.01. The predicted molar refractivity (Wildman–Crippen MR) is 70.5 cm³/mol. The number of rotatable bonds is 2. The van der Waals surface area contributed by atoms with Gasteiger partial charge in [0.1, 0.15) is 0 Å². The van der Waals surface area contributed by atoms with Crippen molar-refractivity contribution in [1.29, 1.82) is 0 Å². The van der Waals surface area contributed by atoms with E-state index < -0.39 is 9.84 Å². The third-order valence-corrected chi connectivity index (χ3v) is 5.91. The number of β-lactam (4-membered cyclic amide) rings is 1. The molecule has 7 nitrogen and oxygen atoms in total. The number of hydrogen-bond donors (Lipinski definition) is 4. The standard InChI is InChI=1S/C11H20N4O3S/c16-11-7(3-14-11)8-4-12-5-9(15-8)10-6-19(17,18)2-1-13-10/h7-10,12-13,15H,1-6H2,(H,14,16). The molecule has 0 aromatic rings. The highest BCUT2D eigenvalue weighted by molar-refractivity contribution is 7.91. The van der Waals surface area contributed by atoms with Gasteiger partial charge in [0.2, 0.25) is 5.91 Å². The number of carbonyl (C=O) groups excluding carboxylic acids is 1. The Hall–Kier alpha value is -0.700. The Bertz CT molecular complexity index is 467. The van der Waals surface area contributed by atoms with Gasteiger partial charge >= 0.3 is 0 Å². The molecule has 0 aliphatic carbocycles. The summed E-state index contributed by atoms with van der Waals surface area (Å²) in [6, 6.07) is 0.0818. The van der Waals surface area contributed by atoms with Crippen LogP contribution in [0.4, 0.5) is 0 Å². The van der Waals surface area contributed by atoms with E-state index in [9.17, 15) is 13.2 Å². The van der Waals surface area contributed by atoms with Gasteiger partial charge in [0.15, 0.2) is 9.84 Å². The molecular formula is C11H20N4O3S. The maximum atomic E-state index is 11.7. The van der Waals surface area contributed by atoms with E-state index >= 15 is 0 Å². The molecule has 3 fully saturated rings. The quantitative estimate of drug-likeness (QED) is 0.406. The molecule has 8 heteroatoms. The van der Waals surface area contributed by atoms with Gasteiger partial charge in [0.05, 0.1) is 17.4 Å². The maximum absolute atomic E-state index is 11.7. The van der Waals surface area contributed by atoms with Crippen LogP contribution in [0.5, 0.6) is 0 Å². The molecule has 1 amide bonds. The largest absolute Gasteiger partial charge is 0.355 e. The number of hydrogen-bond acceptors (Lipinski definition) is 6. The molecule has 108 valence electrons. The fourth-order valence-corrected chi connectivity index (χ4v) is 4.50. The van der Waals surface area contributed by atoms with Crippen LogP contribution in [0.1, 0.15) is 0 Å². The van der Waals surface area contributed by atoms with Crippen LogP contribution in [0.2, 0.25) is 0 Å². The van der Waals surface area contributed by atoms with Crippen molar-refractivity contribution in [3.05, 3.63) is 0 Å². The van der Waals surface area contributed by atoms with Gasteiger partial charge in [-0.15, -0.1) is 0 Å². The summed E-state index contributed by atoms with van der Waals surface area (Å²) in [4.78, 5) is 11.4. The molecule has 3 aliphatic heterocycles. The average Bonchev–Trinajstić information content (AvgIpc) is 2.36. The van der Waals surface area contributed by atoms with Crippen molar-refractivity contribution < 1.29 is 13.2 Å². The molecule has 3 heterocycles. The molecule has 4 N–H and O–H groups in total. The Morgan fingerprint density at radius 3 is 2.47 bits per heavy atom. The van der Waals surface area contributed by atoms with Crippen LogP contribution in [0, 0.1) is 5.92 Å². The highest BCUT2D eigenvalue weighted by atomic mass is 32.2. The van der Waals surface area contributed by atoms with Gasteiger partial charge in [-0.1, -0.05) is 0 Å². The predicted octanol–water partition coefficient (Wildman–Crippen LogP) is -2.95. The van der Waals surface area contributed by atoms with E-state index in [1.54, 1.807) is 0 Å². The van der Waals surface area contributed by atoms with Gasteiger partial charge in [-0.05, 0) is 0 Å². The van der Waals surface area contributed by atoms with Crippen LogP contribution >= 0.6 is 0 Å². The number of amides is 1. The lowest BCUT2D eigenvalue weighted by Crippen LogP contribution is -2.70. The second-order valence-corrected chi connectivity index (χ2v) is 7.79. The highest BCUT2D eigenvalue weighted by Crippen LogP contribution is 2.15. The van der Waals surface area contributed by atoms with Gasteiger partial charge < -0.3 is 21.3 Å². The molecular weight excluding hydrogens is 268 g/mol. The third kappa shape index (κ3) is 2.76. The van der Waals surface area contributed by atoms with Crippen molar-refractivity contribution in [3.8, 4) is 0 Å². The van der Waals surface area contributed by atoms with Crippen molar-refractivity contribution in [2.45, 2.75) is 18.1 Å². The molecule has 19 heavy (non-hydrogen) atoms. The van der Waals surface area contributed by atoms with E-state index in [0.29, 0.717) is 13.1 Å². The first-order valence-electron chi connectivity index (χ1n) is 6.73. The summed E-state index contributed by atoms with van der Waals surface area (Å²) < 4.78 is 23.4. The lowest BCUT2D eigenvalue weighted by Gasteiger charge is -2.43. The van der Waals surface area contributed by atoms with Gasteiger partial charge in [-0.25, -0.2) is 8.42 Å². The Morgan fingerprint density at radius 1 is 1.05 bits per heavy atom. The fraction of sp³-hybridized carbons (Fsp3) is 0.909. The third-order valence-electron chi connectivity index (χ3n) is 4.21. The summed E-state index contributed by atoms with van der Waals surface area (Å²) >= 11 is 0. The monoisotopic (exact) mass is 288 g/mol. The van der Waals surface area contributed by atoms with Gasteiger partial charge in [0.25, 0.3) is 0 Å². The van der Waals surface area contributed by atoms with Crippen molar-refractivity contribution in [2.24, 2.45) is 5.92 Å². The normalized spacial score (nSPS) is 42.2. The van der Waals surface area contributed by atoms with Gasteiger partial charge in [-0.3, -0.25) is 4.79 Å². The number of piperazine rings is 1. The van der Waals surface area contributed by atoms with Gasteiger partial charge in [0, 0.05) is 44.3 Å². The van der Waals surface area contributed by atoms with Crippen LogP contribution in [0.15, 0.2) is 0 Å². The zero-order valence-corrected chi connectivity index (χ0v) is 11.5. The fourth-order valence-electron chi connectivity index (χ4n) is 3.01. The smallest absolute Gasteiger partial charge is 0.226 e. The Labute approximate surface area is 112 Å². The van der Waals surface area contributed by atoms with Crippen LogP contribution in [-0.2, 0) is 14.6 Å². The zero-order valence-electron chi connectivity index (χ0n) is 10.7. The number of carbonyl (C=O) groups is 1. The average molecular weight is 288 g/mol. The van der Waals surface area contributed by atoms with E-state index in [0.717, 1.165) is 13.1 Å². The van der Waals surface area contributed by atoms with Crippen LogP contribution < -0.4 is 21.3 Å². The molecule has 0 aromatic carbocycles. The topological polar surface area (TPSA) is 99.3 Å². The first-order chi connectivity index (χ1) is 9.05. The molecule has 0 saturated carbocycles. The number of sulfone groups is 1. The lowest BCUT2D eigenvalue weighted by molar-refractivity contribution is -0.132. The molecule has 0 aromatic heterocycles. The summed E-state index contributed by atoms with van der Waals surface area (Å²) in [6.45, 7) is 2.72. The van der Waals surface area contributed by atoms with Crippen molar-refractivity contribution >= 4 is 15.7 Å². The summed E-state index contributed by atoms with van der Waals surface area (Å²) in [5.41, 5.74) is 0. The van der Waals surface area contributed by atoms with Crippen molar-refractivity contribution in [2.75, 3.05) is 37.7 Å². The van der Waals surface area contributed by atoms with Gasteiger partial charge in [-0.2, -0.15) is 0 Å². The molecule has 4 atom stereocenters. The lowest BCUT2D eigenvalue weighted by atomic mass is 9.89. The maximum Gasteiger partial charge on any atom is 0.226 e. The molecule has 0 radical (unpaired) electrons. The van der Waals surface area contributed by atoms with E-state index in [1.165, 1.54) is 0 Å². The Balaban J connectivity index is 1.63. The second-order valence-electron chi connectivity index (χ2n) is 5.56. The van der Waals surface area contributed by atoms with Crippen LogP contribution in [0.3, 0.4) is 0 Å². The van der Waals surface area contributed by atoms with Crippen LogP contribution in [0.25, 0.3) is 0 Å². The van der Waals surface area contributed by atoms with E-state index in [2.05, 4.69) is 21.3 Å². The first-order valence-corrected chi connectivity index (χ1v) is 8.55.